The van der Waals surface area contributed by atoms with Crippen molar-refractivity contribution in [2.24, 2.45) is 0 Å². The van der Waals surface area contributed by atoms with Crippen LogP contribution in [0.1, 0.15) is 47.6 Å². The normalized spacial score (nSPS) is 13.7. The Bertz CT molecular complexity index is 782. The highest BCUT2D eigenvalue weighted by atomic mass is 31.2. The minimum absolute atomic E-state index is 0.177. The standard InChI is InChI=1S/C20H27O4P/c1-13(2)18-11-16(6-7-19(18)21)10-17-8-14(3)20(15(4)9-17)24-12-25(5,22)23/h6-9,11,13,21H,10,12H2,1-5H3,(H,22,23). The van der Waals surface area contributed by atoms with Gasteiger partial charge >= 0.3 is 0 Å². The van der Waals surface area contributed by atoms with Gasteiger partial charge in [0.25, 0.3) is 0 Å². The average molecular weight is 362 g/mol. The summed E-state index contributed by atoms with van der Waals surface area (Å²) < 4.78 is 17.0. The molecule has 2 rings (SSSR count). The van der Waals surface area contributed by atoms with Crippen molar-refractivity contribution in [2.75, 3.05) is 13.0 Å². The Kier molecular flexibility index (Phi) is 5.97. The molecule has 5 heteroatoms. The van der Waals surface area contributed by atoms with E-state index in [9.17, 15) is 14.6 Å². The van der Waals surface area contributed by atoms with Crippen molar-refractivity contribution in [1.82, 2.24) is 0 Å². The molecule has 2 N–H and O–H groups in total. The van der Waals surface area contributed by atoms with Gasteiger partial charge in [-0.25, -0.2) is 0 Å². The summed E-state index contributed by atoms with van der Waals surface area (Å²) in [6.45, 7) is 9.31. The average Bonchev–Trinajstić information content (AvgIpc) is 2.47. The van der Waals surface area contributed by atoms with Gasteiger partial charge in [-0.2, -0.15) is 0 Å². The summed E-state index contributed by atoms with van der Waals surface area (Å²) in [4.78, 5) is 9.41. The summed E-state index contributed by atoms with van der Waals surface area (Å²) in [5.41, 5.74) is 5.14. The van der Waals surface area contributed by atoms with Crippen LogP contribution in [0.15, 0.2) is 30.3 Å². The van der Waals surface area contributed by atoms with E-state index >= 15 is 0 Å². The Labute approximate surface area is 149 Å². The summed E-state index contributed by atoms with van der Waals surface area (Å²) in [5.74, 6) is 1.28. The van der Waals surface area contributed by atoms with Crippen molar-refractivity contribution < 1.29 is 19.3 Å². The number of hydrogen-bond donors (Lipinski definition) is 2. The minimum Gasteiger partial charge on any atom is -0.508 e. The second-order valence-electron chi connectivity index (χ2n) is 7.11. The second kappa shape index (κ2) is 7.63. The second-order valence-corrected chi connectivity index (χ2v) is 9.47. The molecule has 0 radical (unpaired) electrons. The van der Waals surface area contributed by atoms with E-state index in [4.69, 9.17) is 4.74 Å². The minimum atomic E-state index is -3.20. The van der Waals surface area contributed by atoms with Crippen LogP contribution in [0, 0.1) is 13.8 Å². The molecule has 25 heavy (non-hydrogen) atoms. The fourth-order valence-electron chi connectivity index (χ4n) is 2.97. The first-order valence-electron chi connectivity index (χ1n) is 8.41. The van der Waals surface area contributed by atoms with Gasteiger partial charge in [0.15, 0.2) is 6.35 Å². The van der Waals surface area contributed by atoms with Crippen molar-refractivity contribution in [3.05, 3.63) is 58.1 Å². The number of aromatic hydroxyl groups is 1. The maximum Gasteiger partial charge on any atom is 0.233 e. The molecule has 0 amide bonds. The molecule has 0 bridgehead atoms. The van der Waals surface area contributed by atoms with E-state index in [-0.39, 0.29) is 12.3 Å². The van der Waals surface area contributed by atoms with Crippen LogP contribution in [0.2, 0.25) is 0 Å². The lowest BCUT2D eigenvalue weighted by atomic mass is 9.95. The zero-order valence-corrected chi connectivity index (χ0v) is 16.4. The first-order chi connectivity index (χ1) is 11.6. The van der Waals surface area contributed by atoms with Crippen LogP contribution in [0.3, 0.4) is 0 Å². The lowest BCUT2D eigenvalue weighted by Crippen LogP contribution is -2.02. The van der Waals surface area contributed by atoms with Gasteiger partial charge in [0, 0.05) is 6.66 Å². The van der Waals surface area contributed by atoms with Crippen LogP contribution in [0.5, 0.6) is 11.5 Å². The van der Waals surface area contributed by atoms with E-state index in [2.05, 4.69) is 13.8 Å². The summed E-state index contributed by atoms with van der Waals surface area (Å²) >= 11 is 0. The third-order valence-electron chi connectivity index (χ3n) is 4.09. The number of ether oxygens (including phenoxy) is 1. The molecule has 0 spiro atoms. The van der Waals surface area contributed by atoms with Gasteiger partial charge in [0.2, 0.25) is 7.37 Å². The summed E-state index contributed by atoms with van der Waals surface area (Å²) in [5, 5.41) is 9.96. The fraction of sp³-hybridized carbons (Fsp3) is 0.400. The molecule has 4 nitrogen and oxygen atoms in total. The monoisotopic (exact) mass is 362 g/mol. The van der Waals surface area contributed by atoms with Gasteiger partial charge in [-0.05, 0) is 60.1 Å². The predicted molar refractivity (Wildman–Crippen MR) is 102 cm³/mol. The Morgan fingerprint density at radius 3 is 2.20 bits per heavy atom. The zero-order chi connectivity index (χ0) is 18.8. The fourth-order valence-corrected chi connectivity index (χ4v) is 3.33. The molecule has 1 unspecified atom stereocenters. The summed E-state index contributed by atoms with van der Waals surface area (Å²) in [6, 6.07) is 9.83. The van der Waals surface area contributed by atoms with Crippen molar-refractivity contribution >= 4 is 7.37 Å². The molecule has 1 atom stereocenters. The SMILES string of the molecule is Cc1cc(Cc2ccc(O)c(C(C)C)c2)cc(C)c1OCP(C)(=O)O. The Hall–Kier alpha value is -1.77. The zero-order valence-electron chi connectivity index (χ0n) is 15.5. The van der Waals surface area contributed by atoms with Crippen LogP contribution in [0.4, 0.5) is 0 Å². The van der Waals surface area contributed by atoms with Gasteiger partial charge in [-0.3, -0.25) is 4.57 Å². The number of rotatable bonds is 6. The van der Waals surface area contributed by atoms with Gasteiger partial charge in [-0.1, -0.05) is 38.1 Å². The first kappa shape index (κ1) is 19.6. The molecule has 2 aromatic rings. The maximum atomic E-state index is 11.4. The first-order valence-corrected chi connectivity index (χ1v) is 10.7. The Balaban J connectivity index is 2.24. The van der Waals surface area contributed by atoms with Gasteiger partial charge in [0.05, 0.1) is 0 Å². The highest BCUT2D eigenvalue weighted by Gasteiger charge is 2.14. The van der Waals surface area contributed by atoms with Crippen LogP contribution in [-0.2, 0) is 11.0 Å². The smallest absolute Gasteiger partial charge is 0.233 e. The largest absolute Gasteiger partial charge is 0.508 e. The number of aryl methyl sites for hydroxylation is 2. The third kappa shape index (κ3) is 5.35. The lowest BCUT2D eigenvalue weighted by Gasteiger charge is -2.16. The Morgan fingerprint density at radius 2 is 1.68 bits per heavy atom. The molecule has 0 saturated carbocycles. The number of phenols is 1. The van der Waals surface area contributed by atoms with Gasteiger partial charge in [-0.15, -0.1) is 0 Å². The van der Waals surface area contributed by atoms with Crippen LogP contribution >= 0.6 is 7.37 Å². The molecular weight excluding hydrogens is 335 g/mol. The van der Waals surface area contributed by atoms with Crippen molar-refractivity contribution in [1.29, 1.82) is 0 Å². The number of hydrogen-bond acceptors (Lipinski definition) is 3. The van der Waals surface area contributed by atoms with E-state index in [0.29, 0.717) is 11.5 Å². The third-order valence-corrected chi connectivity index (χ3v) is 4.70. The number of phenolic OH excluding ortho intramolecular Hbond substituents is 1. The molecule has 0 aromatic heterocycles. The molecule has 0 aliphatic rings. The van der Waals surface area contributed by atoms with Crippen LogP contribution in [0.25, 0.3) is 0 Å². The molecule has 0 saturated heterocycles. The van der Waals surface area contributed by atoms with Crippen molar-refractivity contribution in [2.45, 2.75) is 40.0 Å². The topological polar surface area (TPSA) is 66.8 Å². The molecule has 0 fully saturated rings. The molecule has 0 heterocycles. The van der Waals surface area contributed by atoms with Gasteiger partial charge < -0.3 is 14.7 Å². The van der Waals surface area contributed by atoms with Crippen LogP contribution < -0.4 is 4.74 Å². The quantitative estimate of drug-likeness (QED) is 0.713. The number of benzene rings is 2. The van der Waals surface area contributed by atoms with E-state index in [1.54, 1.807) is 6.07 Å². The predicted octanol–water partition coefficient (Wildman–Crippen LogP) is 4.96. The molecule has 136 valence electrons. The maximum absolute atomic E-state index is 11.4. The van der Waals surface area contributed by atoms with E-state index in [1.165, 1.54) is 6.66 Å². The van der Waals surface area contributed by atoms with E-state index < -0.39 is 7.37 Å². The summed E-state index contributed by atoms with van der Waals surface area (Å²) in [6.07, 6.45) is 0.581. The van der Waals surface area contributed by atoms with E-state index in [1.807, 2.05) is 38.1 Å². The van der Waals surface area contributed by atoms with Crippen LogP contribution in [-0.4, -0.2) is 23.0 Å². The molecule has 2 aromatic carbocycles. The van der Waals surface area contributed by atoms with Gasteiger partial charge in [0.1, 0.15) is 11.5 Å². The van der Waals surface area contributed by atoms with E-state index in [0.717, 1.165) is 34.2 Å². The highest BCUT2D eigenvalue weighted by Crippen LogP contribution is 2.37. The molecular formula is C20H27O4P. The summed E-state index contributed by atoms with van der Waals surface area (Å²) in [7, 11) is -3.20. The molecule has 0 aliphatic carbocycles. The molecule has 0 aliphatic heterocycles. The Morgan fingerprint density at radius 1 is 1.08 bits per heavy atom. The highest BCUT2D eigenvalue weighted by molar-refractivity contribution is 7.56. The van der Waals surface area contributed by atoms with Crippen molar-refractivity contribution in [3.63, 3.8) is 0 Å². The lowest BCUT2D eigenvalue weighted by molar-refractivity contribution is 0.348. The van der Waals surface area contributed by atoms with Crippen molar-refractivity contribution in [3.8, 4) is 11.5 Å².